The van der Waals surface area contributed by atoms with Gasteiger partial charge in [-0.1, -0.05) is 24.3 Å². The minimum absolute atomic E-state index is 0.117. The second kappa shape index (κ2) is 6.66. The van der Waals surface area contributed by atoms with Crippen LogP contribution in [0.15, 0.2) is 24.3 Å². The average molecular weight is 325 g/mol. The number of hydrogen-bond acceptors (Lipinski definition) is 4. The van der Waals surface area contributed by atoms with Crippen molar-refractivity contribution in [2.75, 3.05) is 20.3 Å². The van der Waals surface area contributed by atoms with Gasteiger partial charge in [0.25, 0.3) is 0 Å². The Hall–Kier alpha value is -0.950. The number of methoxy groups -OCH3 is 1. The van der Waals surface area contributed by atoms with Gasteiger partial charge in [-0.15, -0.1) is 0 Å². The van der Waals surface area contributed by atoms with E-state index in [1.165, 1.54) is 5.56 Å². The molecule has 0 aromatic heterocycles. The number of ether oxygens (including phenoxy) is 2. The fourth-order valence-corrected chi connectivity index (χ4v) is 5.28. The van der Waals surface area contributed by atoms with E-state index < -0.39 is 21.4 Å². The highest BCUT2D eigenvalue weighted by Gasteiger charge is 2.39. The third kappa shape index (κ3) is 3.20. The van der Waals surface area contributed by atoms with E-state index in [0.717, 1.165) is 31.4 Å². The van der Waals surface area contributed by atoms with Gasteiger partial charge >= 0.3 is 0 Å². The third-order valence-electron chi connectivity index (χ3n) is 4.54. The molecule has 0 saturated carbocycles. The van der Waals surface area contributed by atoms with Crippen LogP contribution in [0.5, 0.6) is 0 Å². The summed E-state index contributed by atoms with van der Waals surface area (Å²) in [5.74, 6) is 0. The zero-order chi connectivity index (χ0) is 15.6. The van der Waals surface area contributed by atoms with Crippen LogP contribution in [0.25, 0.3) is 0 Å². The second-order valence-electron chi connectivity index (χ2n) is 6.01. The van der Waals surface area contributed by atoms with Gasteiger partial charge in [-0.05, 0) is 36.8 Å². The van der Waals surface area contributed by atoms with E-state index in [1.807, 2.05) is 24.3 Å². The molecule has 6 heteroatoms. The maximum atomic E-state index is 12.8. The van der Waals surface area contributed by atoms with Gasteiger partial charge < -0.3 is 9.47 Å². The molecule has 2 aliphatic rings. The Kier molecular flexibility index (Phi) is 4.82. The van der Waals surface area contributed by atoms with Crippen molar-refractivity contribution in [1.29, 1.82) is 0 Å². The molecule has 0 unspecified atom stereocenters. The van der Waals surface area contributed by atoms with Crippen molar-refractivity contribution in [3.8, 4) is 0 Å². The SMILES string of the molecule is CO[C@H]1c2ccccc2CC[C@@H]1S(=O)(=O)N[C@@H]1CCCOC1. The van der Waals surface area contributed by atoms with Crippen LogP contribution in [0.4, 0.5) is 0 Å². The van der Waals surface area contributed by atoms with Crippen LogP contribution in [0.1, 0.15) is 36.5 Å². The van der Waals surface area contributed by atoms with Gasteiger partial charge in [0, 0.05) is 19.8 Å². The van der Waals surface area contributed by atoms with Crippen molar-refractivity contribution in [2.24, 2.45) is 0 Å². The van der Waals surface area contributed by atoms with Gasteiger partial charge in [0.15, 0.2) is 0 Å². The van der Waals surface area contributed by atoms with Crippen LogP contribution in [-0.4, -0.2) is 40.0 Å². The van der Waals surface area contributed by atoms with Gasteiger partial charge in [0.1, 0.15) is 11.4 Å². The van der Waals surface area contributed by atoms with Crippen LogP contribution < -0.4 is 4.72 Å². The van der Waals surface area contributed by atoms with Gasteiger partial charge in [-0.2, -0.15) is 0 Å². The van der Waals surface area contributed by atoms with Gasteiger partial charge in [0.2, 0.25) is 10.0 Å². The molecule has 22 heavy (non-hydrogen) atoms. The first-order valence-electron chi connectivity index (χ1n) is 7.81. The smallest absolute Gasteiger partial charge is 0.217 e. The normalized spacial score (nSPS) is 29.0. The molecule has 0 spiro atoms. The number of benzene rings is 1. The number of sulfonamides is 1. The van der Waals surface area contributed by atoms with E-state index >= 15 is 0 Å². The Balaban J connectivity index is 1.81. The summed E-state index contributed by atoms with van der Waals surface area (Å²) in [6.07, 6.45) is 2.67. The van der Waals surface area contributed by atoms with Crippen molar-refractivity contribution in [3.05, 3.63) is 35.4 Å². The summed E-state index contributed by atoms with van der Waals surface area (Å²) in [6, 6.07) is 7.82. The fourth-order valence-electron chi connectivity index (χ4n) is 3.44. The van der Waals surface area contributed by atoms with E-state index in [1.54, 1.807) is 7.11 Å². The van der Waals surface area contributed by atoms with E-state index in [4.69, 9.17) is 9.47 Å². The lowest BCUT2D eigenvalue weighted by atomic mass is 9.89. The molecule has 1 aliphatic carbocycles. The van der Waals surface area contributed by atoms with E-state index in [2.05, 4.69) is 4.72 Å². The van der Waals surface area contributed by atoms with Gasteiger partial charge in [-0.25, -0.2) is 13.1 Å². The number of nitrogens with one attached hydrogen (secondary N) is 1. The average Bonchev–Trinajstić information content (AvgIpc) is 2.54. The minimum Gasteiger partial charge on any atom is -0.380 e. The largest absolute Gasteiger partial charge is 0.380 e. The Morgan fingerprint density at radius 3 is 2.82 bits per heavy atom. The summed E-state index contributed by atoms with van der Waals surface area (Å²) in [7, 11) is -1.86. The predicted octanol–water partition coefficient (Wildman–Crippen LogP) is 1.79. The van der Waals surface area contributed by atoms with Gasteiger partial charge in [0.05, 0.1) is 6.61 Å². The zero-order valence-electron chi connectivity index (χ0n) is 12.8. The quantitative estimate of drug-likeness (QED) is 0.916. The Morgan fingerprint density at radius 2 is 2.09 bits per heavy atom. The van der Waals surface area contributed by atoms with E-state index in [9.17, 15) is 8.42 Å². The Bertz CT molecular complexity index is 610. The fraction of sp³-hybridized carbons (Fsp3) is 0.625. The summed E-state index contributed by atoms with van der Waals surface area (Å²) in [6.45, 7) is 1.18. The first kappa shape index (κ1) is 15.9. The highest BCUT2D eigenvalue weighted by atomic mass is 32.2. The molecule has 122 valence electrons. The molecule has 0 amide bonds. The lowest BCUT2D eigenvalue weighted by Crippen LogP contribution is -2.47. The molecule has 1 fully saturated rings. The molecule has 5 nitrogen and oxygen atoms in total. The molecule has 1 heterocycles. The molecule has 0 radical (unpaired) electrons. The molecule has 1 N–H and O–H groups in total. The highest BCUT2D eigenvalue weighted by Crippen LogP contribution is 2.36. The molecule has 1 saturated heterocycles. The lowest BCUT2D eigenvalue weighted by molar-refractivity contribution is 0.0751. The summed E-state index contributed by atoms with van der Waals surface area (Å²) in [5.41, 5.74) is 2.17. The van der Waals surface area contributed by atoms with Crippen LogP contribution in [0, 0.1) is 0 Å². The maximum absolute atomic E-state index is 12.8. The van der Waals surface area contributed by atoms with Crippen LogP contribution in [-0.2, 0) is 25.9 Å². The standard InChI is InChI=1S/C16H23NO4S/c1-20-16-14-7-3-2-5-12(14)8-9-15(16)22(18,19)17-13-6-4-10-21-11-13/h2-3,5,7,13,15-17H,4,6,8-11H2,1H3/t13-,15+,16+/m1/s1. The number of fused-ring (bicyclic) bond motifs is 1. The number of aryl methyl sites for hydroxylation is 1. The minimum atomic E-state index is -3.44. The van der Waals surface area contributed by atoms with Crippen LogP contribution in [0.2, 0.25) is 0 Å². The van der Waals surface area contributed by atoms with Crippen molar-refractivity contribution < 1.29 is 17.9 Å². The summed E-state index contributed by atoms with van der Waals surface area (Å²) < 4.78 is 39.3. The molecule has 1 aromatic carbocycles. The number of hydrogen-bond donors (Lipinski definition) is 1. The zero-order valence-corrected chi connectivity index (χ0v) is 13.6. The summed E-state index contributed by atoms with van der Waals surface area (Å²) >= 11 is 0. The third-order valence-corrected chi connectivity index (χ3v) is 6.48. The van der Waals surface area contributed by atoms with Crippen LogP contribution >= 0.6 is 0 Å². The van der Waals surface area contributed by atoms with Crippen molar-refractivity contribution in [3.63, 3.8) is 0 Å². The molecular formula is C16H23NO4S. The van der Waals surface area contributed by atoms with Crippen LogP contribution in [0.3, 0.4) is 0 Å². The molecule has 0 bridgehead atoms. The second-order valence-corrected chi connectivity index (χ2v) is 7.94. The highest BCUT2D eigenvalue weighted by molar-refractivity contribution is 7.90. The van der Waals surface area contributed by atoms with Crippen molar-refractivity contribution in [2.45, 2.75) is 43.1 Å². The molecule has 3 rings (SSSR count). The molecule has 3 atom stereocenters. The Labute approximate surface area is 132 Å². The van der Waals surface area contributed by atoms with Crippen molar-refractivity contribution >= 4 is 10.0 Å². The molecule has 1 aliphatic heterocycles. The predicted molar refractivity (Wildman–Crippen MR) is 84.2 cm³/mol. The molecular weight excluding hydrogens is 302 g/mol. The van der Waals surface area contributed by atoms with Gasteiger partial charge in [-0.3, -0.25) is 0 Å². The van der Waals surface area contributed by atoms with E-state index in [-0.39, 0.29) is 6.04 Å². The summed E-state index contributed by atoms with van der Waals surface area (Å²) in [4.78, 5) is 0. The molecule has 1 aromatic rings. The Morgan fingerprint density at radius 1 is 1.27 bits per heavy atom. The maximum Gasteiger partial charge on any atom is 0.217 e. The lowest BCUT2D eigenvalue weighted by Gasteiger charge is -2.34. The van der Waals surface area contributed by atoms with Crippen molar-refractivity contribution in [1.82, 2.24) is 4.72 Å². The first-order chi connectivity index (χ1) is 10.6. The van der Waals surface area contributed by atoms with E-state index in [0.29, 0.717) is 13.0 Å². The first-order valence-corrected chi connectivity index (χ1v) is 9.36. The number of rotatable bonds is 4. The summed E-state index contributed by atoms with van der Waals surface area (Å²) in [5, 5.41) is -0.547. The monoisotopic (exact) mass is 325 g/mol. The topological polar surface area (TPSA) is 64.6 Å².